The smallest absolute Gasteiger partial charge is 0.0694 e. The summed E-state index contributed by atoms with van der Waals surface area (Å²) in [5.41, 5.74) is 0.368. The van der Waals surface area contributed by atoms with Gasteiger partial charge in [-0.05, 0) is 10.8 Å². The first-order valence-corrected chi connectivity index (χ1v) is 4.47. The first kappa shape index (κ1) is 8.67. The van der Waals surface area contributed by atoms with E-state index < -0.39 is 0 Å². The summed E-state index contributed by atoms with van der Waals surface area (Å²) in [6, 6.07) is 0. The van der Waals surface area contributed by atoms with Gasteiger partial charge >= 0.3 is 0 Å². The molecule has 0 N–H and O–H groups in total. The lowest BCUT2D eigenvalue weighted by molar-refractivity contribution is 0.457. The van der Waals surface area contributed by atoms with Crippen LogP contribution in [0.5, 0.6) is 0 Å². The van der Waals surface area contributed by atoms with Crippen LogP contribution in [0, 0.1) is 10.8 Å². The molecule has 1 fully saturated rings. The maximum atomic E-state index is 6.28. The van der Waals surface area contributed by atoms with Crippen LogP contribution in [0.4, 0.5) is 0 Å². The maximum Gasteiger partial charge on any atom is 0.0694 e. The van der Waals surface area contributed by atoms with Crippen molar-refractivity contribution in [3.05, 3.63) is 0 Å². The van der Waals surface area contributed by atoms with E-state index >= 15 is 0 Å². The Bertz CT molecular complexity index is 145. The molecule has 60 valence electrons. The summed E-state index contributed by atoms with van der Waals surface area (Å²) in [7, 11) is 0. The monoisotopic (exact) mass is 180 g/mol. The van der Waals surface area contributed by atoms with Crippen molar-refractivity contribution in [3.63, 3.8) is 0 Å². The summed E-state index contributed by atoms with van der Waals surface area (Å²) in [5.74, 6) is 0.550. The van der Waals surface area contributed by atoms with E-state index in [9.17, 15) is 0 Å². The summed E-state index contributed by atoms with van der Waals surface area (Å²) >= 11 is 12.1. The second kappa shape index (κ2) is 1.84. The van der Waals surface area contributed by atoms with Crippen molar-refractivity contribution in [2.45, 2.75) is 32.6 Å². The third-order valence-corrected chi connectivity index (χ3v) is 5.28. The number of halogens is 2. The van der Waals surface area contributed by atoms with E-state index in [-0.39, 0.29) is 15.7 Å². The zero-order chi connectivity index (χ0) is 8.21. The fourth-order valence-electron chi connectivity index (χ4n) is 1.69. The summed E-state index contributed by atoms with van der Waals surface area (Å²) in [6.45, 7) is 8.68. The van der Waals surface area contributed by atoms with Crippen molar-refractivity contribution < 1.29 is 0 Å². The lowest BCUT2D eigenvalue weighted by atomic mass is 10.0. The minimum atomic E-state index is -0.179. The molecule has 1 saturated carbocycles. The number of hydrogen-bond acceptors (Lipinski definition) is 0. The van der Waals surface area contributed by atoms with Crippen LogP contribution in [0.1, 0.15) is 27.7 Å². The molecule has 0 heterocycles. The Morgan fingerprint density at radius 1 is 1.00 bits per heavy atom. The zero-order valence-electron chi connectivity index (χ0n) is 6.96. The molecule has 0 aromatic carbocycles. The van der Waals surface area contributed by atoms with Crippen LogP contribution in [0.3, 0.4) is 0 Å². The Labute approximate surface area is 72.9 Å². The molecule has 1 aliphatic carbocycles. The van der Waals surface area contributed by atoms with Crippen LogP contribution in [0.25, 0.3) is 0 Å². The molecule has 0 aromatic heterocycles. The minimum absolute atomic E-state index is 0.179. The minimum Gasteiger partial charge on any atom is -0.125 e. The van der Waals surface area contributed by atoms with Crippen molar-refractivity contribution in [1.29, 1.82) is 0 Å². The van der Waals surface area contributed by atoms with Crippen molar-refractivity contribution in [2.75, 3.05) is 5.88 Å². The highest BCUT2D eigenvalue weighted by Crippen LogP contribution is 2.75. The second-order valence-corrected chi connectivity index (χ2v) is 5.10. The van der Waals surface area contributed by atoms with Crippen LogP contribution in [-0.2, 0) is 0 Å². The average Bonchev–Trinajstić information content (AvgIpc) is 2.11. The summed E-state index contributed by atoms with van der Waals surface area (Å²) < 4.78 is 0. The first-order valence-electron chi connectivity index (χ1n) is 3.56. The Morgan fingerprint density at radius 2 is 1.30 bits per heavy atom. The van der Waals surface area contributed by atoms with E-state index in [1.165, 1.54) is 0 Å². The molecule has 0 spiro atoms. The highest BCUT2D eigenvalue weighted by atomic mass is 35.5. The fourth-order valence-corrected chi connectivity index (χ4v) is 2.79. The van der Waals surface area contributed by atoms with Crippen LogP contribution >= 0.6 is 23.2 Å². The topological polar surface area (TPSA) is 0 Å². The SMILES string of the molecule is CC1(C)C(C)(C)C1(Cl)CCl. The molecule has 2 heteroatoms. The van der Waals surface area contributed by atoms with Gasteiger partial charge in [0.15, 0.2) is 0 Å². The van der Waals surface area contributed by atoms with E-state index in [4.69, 9.17) is 23.2 Å². The van der Waals surface area contributed by atoms with E-state index in [1.54, 1.807) is 0 Å². The highest BCUT2D eigenvalue weighted by molar-refractivity contribution is 6.33. The number of alkyl halides is 2. The van der Waals surface area contributed by atoms with E-state index in [0.717, 1.165) is 0 Å². The van der Waals surface area contributed by atoms with Gasteiger partial charge in [-0.15, -0.1) is 23.2 Å². The van der Waals surface area contributed by atoms with Crippen molar-refractivity contribution in [1.82, 2.24) is 0 Å². The molecule has 0 amide bonds. The van der Waals surface area contributed by atoms with Gasteiger partial charge in [0.05, 0.1) is 4.87 Å². The van der Waals surface area contributed by atoms with Gasteiger partial charge in [-0.3, -0.25) is 0 Å². The van der Waals surface area contributed by atoms with Crippen LogP contribution in [-0.4, -0.2) is 10.8 Å². The lowest BCUT2D eigenvalue weighted by Crippen LogP contribution is -2.11. The molecule has 0 saturated heterocycles. The van der Waals surface area contributed by atoms with Gasteiger partial charge in [0.1, 0.15) is 0 Å². The number of hydrogen-bond donors (Lipinski definition) is 0. The molecule has 0 unspecified atom stereocenters. The van der Waals surface area contributed by atoms with Gasteiger partial charge in [-0.25, -0.2) is 0 Å². The predicted molar refractivity (Wildman–Crippen MR) is 46.9 cm³/mol. The van der Waals surface area contributed by atoms with Crippen LogP contribution in [0.15, 0.2) is 0 Å². The third kappa shape index (κ3) is 0.604. The average molecular weight is 181 g/mol. The molecule has 0 nitrogen and oxygen atoms in total. The molecular formula is C8H14Cl2. The van der Waals surface area contributed by atoms with E-state index in [2.05, 4.69) is 27.7 Å². The van der Waals surface area contributed by atoms with Crippen molar-refractivity contribution in [3.8, 4) is 0 Å². The van der Waals surface area contributed by atoms with Crippen molar-refractivity contribution in [2.24, 2.45) is 10.8 Å². The maximum absolute atomic E-state index is 6.28. The van der Waals surface area contributed by atoms with Crippen molar-refractivity contribution >= 4 is 23.2 Å². The first-order chi connectivity index (χ1) is 4.31. The molecule has 10 heavy (non-hydrogen) atoms. The summed E-state index contributed by atoms with van der Waals surface area (Å²) in [4.78, 5) is -0.179. The molecule has 1 aliphatic rings. The van der Waals surface area contributed by atoms with Gasteiger partial charge in [-0.1, -0.05) is 27.7 Å². The Balaban J connectivity index is 2.90. The molecule has 0 radical (unpaired) electrons. The molecule has 1 rings (SSSR count). The quantitative estimate of drug-likeness (QED) is 0.544. The summed E-state index contributed by atoms with van der Waals surface area (Å²) in [6.07, 6.45) is 0. The fraction of sp³-hybridized carbons (Fsp3) is 1.00. The molecule has 0 aromatic rings. The molecule has 0 atom stereocenters. The second-order valence-electron chi connectivity index (χ2n) is 4.18. The lowest BCUT2D eigenvalue weighted by Gasteiger charge is -2.05. The molecular weight excluding hydrogens is 167 g/mol. The predicted octanol–water partition coefficient (Wildman–Crippen LogP) is 3.27. The van der Waals surface area contributed by atoms with E-state index in [0.29, 0.717) is 5.88 Å². The number of rotatable bonds is 1. The largest absolute Gasteiger partial charge is 0.125 e. The van der Waals surface area contributed by atoms with Gasteiger partial charge in [0.25, 0.3) is 0 Å². The summed E-state index contributed by atoms with van der Waals surface area (Å²) in [5, 5.41) is 0. The highest BCUT2D eigenvalue weighted by Gasteiger charge is 2.76. The zero-order valence-corrected chi connectivity index (χ0v) is 8.47. The molecule has 0 aliphatic heterocycles. The van der Waals surface area contributed by atoms with Gasteiger partial charge in [-0.2, -0.15) is 0 Å². The Kier molecular flexibility index (Phi) is 1.60. The van der Waals surface area contributed by atoms with Crippen LogP contribution < -0.4 is 0 Å². The standard InChI is InChI=1S/C8H14Cl2/c1-6(2)7(3,4)8(6,10)5-9/h5H2,1-4H3. The molecule has 0 bridgehead atoms. The Morgan fingerprint density at radius 3 is 1.30 bits per heavy atom. The van der Waals surface area contributed by atoms with Gasteiger partial charge in [0.2, 0.25) is 0 Å². The third-order valence-electron chi connectivity index (χ3n) is 3.67. The Hall–Kier alpha value is 0.580. The van der Waals surface area contributed by atoms with Crippen LogP contribution in [0.2, 0.25) is 0 Å². The van der Waals surface area contributed by atoms with E-state index in [1.807, 2.05) is 0 Å². The van der Waals surface area contributed by atoms with Gasteiger partial charge in [0, 0.05) is 5.88 Å². The van der Waals surface area contributed by atoms with Gasteiger partial charge < -0.3 is 0 Å². The normalized spacial score (nSPS) is 31.8.